The molecule has 0 N–H and O–H groups in total. The molecule has 1 fully saturated rings. The zero-order chi connectivity index (χ0) is 16.9. The zero-order valence-corrected chi connectivity index (χ0v) is 14.4. The van der Waals surface area contributed by atoms with Crippen molar-refractivity contribution in [1.29, 1.82) is 0 Å². The number of halogens is 1. The Balaban J connectivity index is 1.63. The van der Waals surface area contributed by atoms with Gasteiger partial charge in [0.15, 0.2) is 0 Å². The maximum atomic E-state index is 13.0. The largest absolute Gasteiger partial charge is 0.497 e. The first-order chi connectivity index (χ1) is 11.7. The Kier molecular flexibility index (Phi) is 5.41. The van der Waals surface area contributed by atoms with Gasteiger partial charge in [-0.3, -0.25) is 4.79 Å². The summed E-state index contributed by atoms with van der Waals surface area (Å²) < 4.78 is 18.2. The number of hydrogen-bond donors (Lipinski definition) is 0. The number of amides is 1. The highest BCUT2D eigenvalue weighted by Crippen LogP contribution is 2.34. The van der Waals surface area contributed by atoms with Crippen LogP contribution >= 0.6 is 11.8 Å². The fourth-order valence-electron chi connectivity index (χ4n) is 2.78. The summed E-state index contributed by atoms with van der Waals surface area (Å²) in [6.45, 7) is 1.47. The van der Waals surface area contributed by atoms with Crippen molar-refractivity contribution in [1.82, 2.24) is 4.90 Å². The van der Waals surface area contributed by atoms with Crippen LogP contribution in [0.2, 0.25) is 0 Å². The molecule has 3 rings (SSSR count). The van der Waals surface area contributed by atoms with Crippen LogP contribution in [-0.2, 0) is 11.2 Å². The molecule has 1 heterocycles. The number of thioether (sulfide) groups is 1. The Morgan fingerprint density at radius 1 is 1.21 bits per heavy atom. The molecule has 2 aromatic rings. The maximum absolute atomic E-state index is 13.0. The normalized spacial score (nSPS) is 17.6. The average molecular weight is 345 g/mol. The van der Waals surface area contributed by atoms with Gasteiger partial charge in [-0.15, -0.1) is 0 Å². The monoisotopic (exact) mass is 345 g/mol. The van der Waals surface area contributed by atoms with Crippen LogP contribution in [0, 0.1) is 5.82 Å². The molecule has 1 unspecified atom stereocenters. The summed E-state index contributed by atoms with van der Waals surface area (Å²) in [4.78, 5) is 14.4. The molecule has 0 aromatic heterocycles. The van der Waals surface area contributed by atoms with Crippen molar-refractivity contribution >= 4 is 17.7 Å². The number of nitrogens with zero attached hydrogens (tertiary/aromatic N) is 1. The number of benzene rings is 2. The average Bonchev–Trinajstić information content (AvgIpc) is 2.64. The molecule has 0 radical (unpaired) electrons. The predicted octanol–water partition coefficient (Wildman–Crippen LogP) is 3.69. The van der Waals surface area contributed by atoms with Crippen LogP contribution < -0.4 is 4.74 Å². The first-order valence-electron chi connectivity index (χ1n) is 7.93. The Bertz CT molecular complexity index is 688. The highest BCUT2D eigenvalue weighted by Gasteiger charge is 2.25. The molecule has 3 nitrogen and oxygen atoms in total. The molecule has 0 saturated carbocycles. The van der Waals surface area contributed by atoms with Gasteiger partial charge in [0.1, 0.15) is 11.6 Å². The molecule has 5 heteroatoms. The SMILES string of the molecule is COc1ccc(C2CN(C(=O)Cc3ccc(F)cc3)CCS2)cc1. The van der Waals surface area contributed by atoms with E-state index in [1.165, 1.54) is 17.7 Å². The Labute approximate surface area is 145 Å². The summed E-state index contributed by atoms with van der Waals surface area (Å²) in [6, 6.07) is 14.2. The van der Waals surface area contributed by atoms with Gasteiger partial charge in [-0.05, 0) is 35.4 Å². The van der Waals surface area contributed by atoms with E-state index in [9.17, 15) is 9.18 Å². The molecular weight excluding hydrogens is 325 g/mol. The minimum atomic E-state index is -0.278. The van der Waals surface area contributed by atoms with E-state index in [4.69, 9.17) is 4.74 Å². The maximum Gasteiger partial charge on any atom is 0.227 e. The minimum Gasteiger partial charge on any atom is -0.497 e. The van der Waals surface area contributed by atoms with Gasteiger partial charge in [-0.2, -0.15) is 11.8 Å². The quantitative estimate of drug-likeness (QED) is 0.846. The Morgan fingerprint density at radius 2 is 1.92 bits per heavy atom. The molecule has 0 spiro atoms. The standard InChI is InChI=1S/C19H20FNO2S/c1-23-17-8-4-15(5-9-17)18-13-21(10-11-24-18)19(22)12-14-2-6-16(20)7-3-14/h2-9,18H,10-13H2,1H3. The summed E-state index contributed by atoms with van der Waals surface area (Å²) in [6.07, 6.45) is 0.320. The van der Waals surface area contributed by atoms with Crippen molar-refractivity contribution in [3.8, 4) is 5.75 Å². The van der Waals surface area contributed by atoms with Gasteiger partial charge in [-0.25, -0.2) is 4.39 Å². The predicted molar refractivity (Wildman–Crippen MR) is 94.9 cm³/mol. The van der Waals surface area contributed by atoms with E-state index in [1.807, 2.05) is 28.8 Å². The number of rotatable bonds is 4. The summed E-state index contributed by atoms with van der Waals surface area (Å²) >= 11 is 1.87. The van der Waals surface area contributed by atoms with E-state index in [0.29, 0.717) is 13.0 Å². The molecule has 1 atom stereocenters. The number of carbonyl (C=O) groups excluding carboxylic acids is 1. The molecule has 126 valence electrons. The van der Waals surface area contributed by atoms with E-state index >= 15 is 0 Å². The Morgan fingerprint density at radius 3 is 2.58 bits per heavy atom. The highest BCUT2D eigenvalue weighted by molar-refractivity contribution is 7.99. The number of hydrogen-bond acceptors (Lipinski definition) is 3. The van der Waals surface area contributed by atoms with Crippen LogP contribution in [0.3, 0.4) is 0 Å². The van der Waals surface area contributed by atoms with Gasteiger partial charge in [-0.1, -0.05) is 24.3 Å². The van der Waals surface area contributed by atoms with Crippen molar-refractivity contribution in [2.45, 2.75) is 11.7 Å². The van der Waals surface area contributed by atoms with Crippen LogP contribution in [-0.4, -0.2) is 36.8 Å². The molecule has 0 aliphatic carbocycles. The van der Waals surface area contributed by atoms with Gasteiger partial charge in [0.05, 0.1) is 13.5 Å². The molecule has 1 aliphatic heterocycles. The molecule has 2 aromatic carbocycles. The van der Waals surface area contributed by atoms with E-state index in [1.54, 1.807) is 19.2 Å². The fraction of sp³-hybridized carbons (Fsp3) is 0.316. The summed E-state index contributed by atoms with van der Waals surface area (Å²) in [5.41, 5.74) is 2.06. The first-order valence-corrected chi connectivity index (χ1v) is 8.98. The number of methoxy groups -OCH3 is 1. The third kappa shape index (κ3) is 4.09. The Hall–Kier alpha value is -2.01. The van der Waals surface area contributed by atoms with Crippen molar-refractivity contribution in [3.05, 3.63) is 65.5 Å². The van der Waals surface area contributed by atoms with Gasteiger partial charge < -0.3 is 9.64 Å². The van der Waals surface area contributed by atoms with E-state index in [-0.39, 0.29) is 17.0 Å². The molecule has 1 amide bonds. The van der Waals surface area contributed by atoms with Crippen molar-refractivity contribution in [3.63, 3.8) is 0 Å². The topological polar surface area (TPSA) is 29.5 Å². The van der Waals surface area contributed by atoms with Gasteiger partial charge >= 0.3 is 0 Å². The van der Waals surface area contributed by atoms with E-state index in [0.717, 1.165) is 23.6 Å². The molecular formula is C19H20FNO2S. The second-order valence-electron chi connectivity index (χ2n) is 5.78. The first kappa shape index (κ1) is 16.8. The van der Waals surface area contributed by atoms with Gasteiger partial charge in [0.25, 0.3) is 0 Å². The fourth-order valence-corrected chi connectivity index (χ4v) is 4.03. The summed E-state index contributed by atoms with van der Waals surface area (Å²) in [7, 11) is 1.65. The number of carbonyl (C=O) groups is 1. The third-order valence-corrected chi connectivity index (χ3v) is 5.42. The van der Waals surface area contributed by atoms with Crippen LogP contribution in [0.25, 0.3) is 0 Å². The lowest BCUT2D eigenvalue weighted by atomic mass is 10.1. The zero-order valence-electron chi connectivity index (χ0n) is 13.6. The highest BCUT2D eigenvalue weighted by atomic mass is 32.2. The number of ether oxygens (including phenoxy) is 1. The summed E-state index contributed by atoms with van der Waals surface area (Å²) in [5, 5.41) is 0.279. The minimum absolute atomic E-state index is 0.0976. The third-order valence-electron chi connectivity index (χ3n) is 4.18. The molecule has 1 aliphatic rings. The van der Waals surface area contributed by atoms with E-state index in [2.05, 4.69) is 12.1 Å². The van der Waals surface area contributed by atoms with Crippen molar-refractivity contribution in [2.24, 2.45) is 0 Å². The van der Waals surface area contributed by atoms with Crippen molar-refractivity contribution < 1.29 is 13.9 Å². The summed E-state index contributed by atoms with van der Waals surface area (Å²) in [5.74, 6) is 1.58. The molecule has 1 saturated heterocycles. The van der Waals surface area contributed by atoms with Crippen LogP contribution in [0.4, 0.5) is 4.39 Å². The second kappa shape index (κ2) is 7.71. The smallest absolute Gasteiger partial charge is 0.227 e. The van der Waals surface area contributed by atoms with Crippen LogP contribution in [0.15, 0.2) is 48.5 Å². The lowest BCUT2D eigenvalue weighted by Crippen LogP contribution is -2.40. The van der Waals surface area contributed by atoms with Crippen LogP contribution in [0.5, 0.6) is 5.75 Å². The lowest BCUT2D eigenvalue weighted by Gasteiger charge is -2.33. The van der Waals surface area contributed by atoms with Gasteiger partial charge in [0, 0.05) is 24.1 Å². The second-order valence-corrected chi connectivity index (χ2v) is 7.09. The van der Waals surface area contributed by atoms with Crippen LogP contribution in [0.1, 0.15) is 16.4 Å². The van der Waals surface area contributed by atoms with Gasteiger partial charge in [0.2, 0.25) is 5.91 Å². The van der Waals surface area contributed by atoms with E-state index < -0.39 is 0 Å². The molecule has 0 bridgehead atoms. The van der Waals surface area contributed by atoms with Crippen molar-refractivity contribution in [2.75, 3.05) is 26.0 Å². The molecule has 24 heavy (non-hydrogen) atoms. The lowest BCUT2D eigenvalue weighted by molar-refractivity contribution is -0.130.